The summed E-state index contributed by atoms with van der Waals surface area (Å²) in [6.45, 7) is 4.67. The minimum absolute atomic E-state index is 0.0465. The van der Waals surface area contributed by atoms with Crippen LogP contribution in [0.5, 0.6) is 0 Å². The molecule has 4 rings (SSSR count). The van der Waals surface area contributed by atoms with E-state index in [9.17, 15) is 18.0 Å². The molecule has 32 heavy (non-hydrogen) atoms. The first kappa shape index (κ1) is 22.3. The van der Waals surface area contributed by atoms with Gasteiger partial charge in [0.25, 0.3) is 5.91 Å². The van der Waals surface area contributed by atoms with Crippen molar-refractivity contribution in [2.24, 2.45) is 5.73 Å². The van der Waals surface area contributed by atoms with Gasteiger partial charge in [-0.05, 0) is 55.3 Å². The summed E-state index contributed by atoms with van der Waals surface area (Å²) in [7, 11) is -4.03. The van der Waals surface area contributed by atoms with E-state index in [2.05, 4.69) is 10.3 Å². The Balaban J connectivity index is 1.75. The second kappa shape index (κ2) is 8.23. The largest absolute Gasteiger partial charge is 0.369 e. The van der Waals surface area contributed by atoms with Crippen molar-refractivity contribution in [3.05, 3.63) is 58.2 Å². The molecule has 8 nitrogen and oxygen atoms in total. The van der Waals surface area contributed by atoms with E-state index >= 15 is 0 Å². The quantitative estimate of drug-likeness (QED) is 0.505. The first-order valence-corrected chi connectivity index (χ1v) is 11.9. The first-order valence-electron chi connectivity index (χ1n) is 10.0. The number of nitrogens with zero attached hydrogens (tertiary/aromatic N) is 1. The number of fused-ring (bicyclic) bond motifs is 1. The van der Waals surface area contributed by atoms with Gasteiger partial charge in [-0.2, -0.15) is 0 Å². The molecule has 4 N–H and O–H groups in total. The summed E-state index contributed by atoms with van der Waals surface area (Å²) in [5.41, 5.74) is 7.24. The third-order valence-corrected chi connectivity index (χ3v) is 7.44. The molecule has 168 valence electrons. The minimum atomic E-state index is -4.03. The molecule has 10 heteroatoms. The Morgan fingerprint density at radius 1 is 1.16 bits per heavy atom. The predicted octanol–water partition coefficient (Wildman–Crippen LogP) is 2.17. The number of nitrogens with two attached hydrogens (primary N) is 1. The van der Waals surface area contributed by atoms with Gasteiger partial charge < -0.3 is 16.0 Å². The standard InChI is InChI=1S/C22H23ClN4O4S/c1-12-5-13(2)7-16(6-12)32(30,31)21-17-8-14(23)3-4-18(17)26-20(21)22(29)25-15-9-27(10-15)11-19(24)28/h3-8,15,26H,9-11H2,1-2H3,(H2,24,28)(H,25,29). The third kappa shape index (κ3) is 4.23. The zero-order chi connectivity index (χ0) is 23.2. The number of sulfone groups is 1. The summed E-state index contributed by atoms with van der Waals surface area (Å²) in [6, 6.07) is 9.65. The van der Waals surface area contributed by atoms with Crippen LogP contribution in [0.25, 0.3) is 10.9 Å². The molecule has 2 amide bonds. The number of hydrogen-bond acceptors (Lipinski definition) is 5. The van der Waals surface area contributed by atoms with E-state index in [1.54, 1.807) is 29.2 Å². The lowest BCUT2D eigenvalue weighted by Crippen LogP contribution is -2.60. The Hall–Kier alpha value is -2.88. The van der Waals surface area contributed by atoms with Crippen LogP contribution in [0.3, 0.4) is 0 Å². The van der Waals surface area contributed by atoms with Gasteiger partial charge in [-0.25, -0.2) is 8.42 Å². The van der Waals surface area contributed by atoms with E-state index in [0.717, 1.165) is 11.1 Å². The number of halogens is 1. The molecule has 3 aromatic rings. The molecule has 0 unspecified atom stereocenters. The summed E-state index contributed by atoms with van der Waals surface area (Å²) in [5, 5.41) is 3.55. The molecule has 2 aromatic carbocycles. The fourth-order valence-electron chi connectivity index (χ4n) is 4.05. The number of aryl methyl sites for hydroxylation is 2. The van der Waals surface area contributed by atoms with Crippen LogP contribution in [0.2, 0.25) is 5.02 Å². The van der Waals surface area contributed by atoms with Gasteiger partial charge in [-0.1, -0.05) is 17.7 Å². The number of H-pyrrole nitrogens is 1. The zero-order valence-corrected chi connectivity index (χ0v) is 19.2. The fourth-order valence-corrected chi connectivity index (χ4v) is 6.01. The third-order valence-electron chi connectivity index (χ3n) is 5.39. The van der Waals surface area contributed by atoms with Crippen molar-refractivity contribution in [3.8, 4) is 0 Å². The molecule has 1 aliphatic rings. The zero-order valence-electron chi connectivity index (χ0n) is 17.6. The van der Waals surface area contributed by atoms with Crippen molar-refractivity contribution in [1.29, 1.82) is 0 Å². The lowest BCUT2D eigenvalue weighted by Gasteiger charge is -2.38. The molecule has 0 atom stereocenters. The number of aromatic amines is 1. The summed E-state index contributed by atoms with van der Waals surface area (Å²) < 4.78 is 27.4. The van der Waals surface area contributed by atoms with Gasteiger partial charge in [0.1, 0.15) is 10.6 Å². The van der Waals surface area contributed by atoms with Crippen LogP contribution in [-0.2, 0) is 14.6 Å². The van der Waals surface area contributed by atoms with Crippen molar-refractivity contribution in [3.63, 3.8) is 0 Å². The molecular formula is C22H23ClN4O4S. The lowest BCUT2D eigenvalue weighted by molar-refractivity contribution is -0.120. The number of amides is 2. The second-order valence-corrected chi connectivity index (χ2v) is 10.5. The van der Waals surface area contributed by atoms with Crippen molar-refractivity contribution in [2.45, 2.75) is 29.7 Å². The molecule has 1 aromatic heterocycles. The van der Waals surface area contributed by atoms with Crippen LogP contribution in [-0.4, -0.2) is 55.8 Å². The van der Waals surface area contributed by atoms with E-state index in [1.807, 2.05) is 19.9 Å². The lowest BCUT2D eigenvalue weighted by atomic mass is 10.1. The van der Waals surface area contributed by atoms with Crippen LogP contribution >= 0.6 is 11.6 Å². The number of hydrogen-bond donors (Lipinski definition) is 3. The Morgan fingerprint density at radius 3 is 2.44 bits per heavy atom. The van der Waals surface area contributed by atoms with Gasteiger partial charge >= 0.3 is 0 Å². The average Bonchev–Trinajstić information content (AvgIpc) is 3.04. The van der Waals surface area contributed by atoms with Crippen molar-refractivity contribution in [1.82, 2.24) is 15.2 Å². The number of nitrogens with one attached hydrogen (secondary N) is 2. The monoisotopic (exact) mass is 474 g/mol. The van der Waals surface area contributed by atoms with Gasteiger partial charge in [-0.15, -0.1) is 0 Å². The number of carbonyl (C=O) groups is 2. The van der Waals surface area contributed by atoms with Crippen LogP contribution in [0.1, 0.15) is 21.6 Å². The van der Waals surface area contributed by atoms with Crippen molar-refractivity contribution >= 4 is 44.2 Å². The highest BCUT2D eigenvalue weighted by Gasteiger charge is 2.33. The van der Waals surface area contributed by atoms with Crippen LogP contribution < -0.4 is 11.1 Å². The van der Waals surface area contributed by atoms with E-state index in [0.29, 0.717) is 29.0 Å². The number of carbonyl (C=O) groups excluding carboxylic acids is 2. The number of likely N-dealkylation sites (tertiary alicyclic amines) is 1. The highest BCUT2D eigenvalue weighted by Crippen LogP contribution is 2.34. The predicted molar refractivity (Wildman–Crippen MR) is 122 cm³/mol. The number of aromatic nitrogens is 1. The molecule has 1 aliphatic heterocycles. The van der Waals surface area contributed by atoms with Gasteiger partial charge in [0, 0.05) is 29.0 Å². The Labute approximate surface area is 190 Å². The van der Waals surface area contributed by atoms with Crippen molar-refractivity contribution in [2.75, 3.05) is 19.6 Å². The topological polar surface area (TPSA) is 125 Å². The summed E-state index contributed by atoms with van der Waals surface area (Å²) >= 11 is 6.15. The highest BCUT2D eigenvalue weighted by molar-refractivity contribution is 7.91. The van der Waals surface area contributed by atoms with Crippen LogP contribution in [0.15, 0.2) is 46.2 Å². The molecule has 2 heterocycles. The number of primary amides is 1. The highest BCUT2D eigenvalue weighted by atomic mass is 35.5. The normalized spacial score (nSPS) is 15.0. The number of benzene rings is 2. The Morgan fingerprint density at radius 2 is 1.81 bits per heavy atom. The summed E-state index contributed by atoms with van der Waals surface area (Å²) in [5.74, 6) is -0.979. The molecule has 1 saturated heterocycles. The molecule has 1 fully saturated rings. The smallest absolute Gasteiger partial charge is 0.269 e. The van der Waals surface area contributed by atoms with E-state index < -0.39 is 21.7 Å². The van der Waals surface area contributed by atoms with Gasteiger partial charge in [0.05, 0.1) is 17.5 Å². The molecule has 0 spiro atoms. The van der Waals surface area contributed by atoms with E-state index in [4.69, 9.17) is 17.3 Å². The fraction of sp³-hybridized carbons (Fsp3) is 0.273. The van der Waals surface area contributed by atoms with Crippen LogP contribution in [0, 0.1) is 13.8 Å². The maximum absolute atomic E-state index is 13.7. The Bertz CT molecular complexity index is 1320. The van der Waals surface area contributed by atoms with E-state index in [1.165, 1.54) is 6.07 Å². The van der Waals surface area contributed by atoms with Gasteiger partial charge in [-0.3, -0.25) is 14.5 Å². The second-order valence-electron chi connectivity index (χ2n) is 8.18. The SMILES string of the molecule is Cc1cc(C)cc(S(=O)(=O)c2c(C(=O)NC3CN(CC(N)=O)C3)[nH]c3ccc(Cl)cc23)c1. The number of rotatable bonds is 6. The molecule has 0 radical (unpaired) electrons. The molecule has 0 bridgehead atoms. The first-order chi connectivity index (χ1) is 15.0. The van der Waals surface area contributed by atoms with E-state index in [-0.39, 0.29) is 28.1 Å². The summed E-state index contributed by atoms with van der Waals surface area (Å²) in [4.78, 5) is 28.9. The average molecular weight is 475 g/mol. The van der Waals surface area contributed by atoms with Gasteiger partial charge in [0.2, 0.25) is 15.7 Å². The molecule has 0 aliphatic carbocycles. The van der Waals surface area contributed by atoms with Crippen LogP contribution in [0.4, 0.5) is 0 Å². The molecule has 0 saturated carbocycles. The maximum Gasteiger partial charge on any atom is 0.269 e. The van der Waals surface area contributed by atoms with Crippen molar-refractivity contribution < 1.29 is 18.0 Å². The van der Waals surface area contributed by atoms with Gasteiger partial charge in [0.15, 0.2) is 0 Å². The maximum atomic E-state index is 13.7. The Kier molecular flexibility index (Phi) is 5.74. The molecular weight excluding hydrogens is 452 g/mol. The summed E-state index contributed by atoms with van der Waals surface area (Å²) in [6.07, 6.45) is 0. The minimum Gasteiger partial charge on any atom is -0.369 e.